The molecule has 6 nitrogen and oxygen atoms in total. The lowest BCUT2D eigenvalue weighted by Gasteiger charge is -2.19. The molecule has 0 unspecified atom stereocenters. The van der Waals surface area contributed by atoms with Gasteiger partial charge in [0.25, 0.3) is 15.9 Å². The predicted molar refractivity (Wildman–Crippen MR) is 120 cm³/mol. The molecule has 3 aromatic rings. The second kappa shape index (κ2) is 9.30. The van der Waals surface area contributed by atoms with E-state index < -0.39 is 15.9 Å². The number of nitrogens with one attached hydrogen (secondary N) is 1. The monoisotopic (exact) mass is 461 g/mol. The molecule has 154 valence electrons. The number of amides is 1. The van der Waals surface area contributed by atoms with Crippen LogP contribution in [0.25, 0.3) is 0 Å². The minimum absolute atomic E-state index is 0.186. The molecule has 0 aromatic heterocycles. The maximum Gasteiger partial charge on any atom is 0.271 e. The van der Waals surface area contributed by atoms with Crippen LogP contribution in [0.5, 0.6) is 0 Å². The van der Waals surface area contributed by atoms with Gasteiger partial charge in [-0.3, -0.25) is 9.10 Å². The number of carbonyl (C=O) groups excluding carboxylic acids is 1. The van der Waals surface area contributed by atoms with Crippen molar-refractivity contribution in [2.45, 2.75) is 4.90 Å². The van der Waals surface area contributed by atoms with Crippen molar-refractivity contribution in [3.05, 3.63) is 94.0 Å². The maximum atomic E-state index is 12.7. The van der Waals surface area contributed by atoms with E-state index in [-0.39, 0.29) is 4.90 Å². The summed E-state index contributed by atoms with van der Waals surface area (Å²) >= 11 is 11.8. The van der Waals surface area contributed by atoms with Crippen LogP contribution in [0.2, 0.25) is 10.0 Å². The number of halogens is 2. The van der Waals surface area contributed by atoms with E-state index >= 15 is 0 Å². The third-order valence-corrected chi connectivity index (χ3v) is 6.76. The maximum absolute atomic E-state index is 12.7. The Balaban J connectivity index is 1.68. The summed E-state index contributed by atoms with van der Waals surface area (Å²) in [5.74, 6) is -0.438. The lowest BCUT2D eigenvalue weighted by molar-refractivity contribution is 0.0955. The highest BCUT2D eigenvalue weighted by Gasteiger charge is 2.21. The molecule has 0 radical (unpaired) electrons. The number of benzene rings is 3. The van der Waals surface area contributed by atoms with Crippen LogP contribution in [0.4, 0.5) is 5.69 Å². The fourth-order valence-electron chi connectivity index (χ4n) is 2.53. The third kappa shape index (κ3) is 4.99. The largest absolute Gasteiger partial charge is 0.271 e. The van der Waals surface area contributed by atoms with Crippen molar-refractivity contribution in [3.63, 3.8) is 0 Å². The fraction of sp³-hybridized carbons (Fsp3) is 0.0476. The number of carbonyl (C=O) groups is 1. The van der Waals surface area contributed by atoms with Crippen LogP contribution in [-0.4, -0.2) is 27.6 Å². The number of rotatable bonds is 6. The molecule has 30 heavy (non-hydrogen) atoms. The molecule has 3 aromatic carbocycles. The molecule has 0 aliphatic carbocycles. The van der Waals surface area contributed by atoms with Crippen molar-refractivity contribution in [3.8, 4) is 0 Å². The number of anilines is 1. The zero-order chi connectivity index (χ0) is 21.7. The van der Waals surface area contributed by atoms with E-state index in [1.54, 1.807) is 48.5 Å². The van der Waals surface area contributed by atoms with E-state index in [4.69, 9.17) is 23.2 Å². The average molecular weight is 462 g/mol. The summed E-state index contributed by atoms with van der Waals surface area (Å²) in [5.41, 5.74) is 3.84. The molecule has 1 N–H and O–H groups in total. The fourth-order valence-corrected chi connectivity index (χ4v) is 4.06. The van der Waals surface area contributed by atoms with E-state index in [1.165, 1.54) is 37.5 Å². The molecule has 0 bridgehead atoms. The van der Waals surface area contributed by atoms with Gasteiger partial charge in [-0.1, -0.05) is 47.5 Å². The first-order chi connectivity index (χ1) is 14.3. The normalized spacial score (nSPS) is 11.4. The molecule has 0 aliphatic heterocycles. The molecule has 0 saturated heterocycles. The van der Waals surface area contributed by atoms with Crippen molar-refractivity contribution in [1.82, 2.24) is 5.43 Å². The van der Waals surface area contributed by atoms with Crippen molar-refractivity contribution in [1.29, 1.82) is 0 Å². The van der Waals surface area contributed by atoms with Crippen LogP contribution < -0.4 is 9.73 Å². The van der Waals surface area contributed by atoms with Crippen molar-refractivity contribution < 1.29 is 13.2 Å². The molecule has 1 amide bonds. The van der Waals surface area contributed by atoms with Crippen LogP contribution in [0.3, 0.4) is 0 Å². The number of hydrazone groups is 1. The third-order valence-electron chi connectivity index (χ3n) is 4.22. The van der Waals surface area contributed by atoms with E-state index in [2.05, 4.69) is 10.5 Å². The highest BCUT2D eigenvalue weighted by molar-refractivity contribution is 7.92. The summed E-state index contributed by atoms with van der Waals surface area (Å²) in [7, 11) is -2.23. The molecule has 0 aliphatic rings. The molecule has 0 spiro atoms. The predicted octanol–water partition coefficient (Wildman–Crippen LogP) is 4.58. The van der Waals surface area contributed by atoms with Gasteiger partial charge < -0.3 is 0 Å². The number of sulfonamides is 1. The first-order valence-electron chi connectivity index (χ1n) is 8.71. The van der Waals surface area contributed by atoms with Gasteiger partial charge in [-0.15, -0.1) is 0 Å². The highest BCUT2D eigenvalue weighted by atomic mass is 35.5. The van der Waals surface area contributed by atoms with Gasteiger partial charge in [0.15, 0.2) is 0 Å². The molecular formula is C21H17Cl2N3O3S. The van der Waals surface area contributed by atoms with E-state index in [1.807, 2.05) is 0 Å². The van der Waals surface area contributed by atoms with Crippen LogP contribution in [-0.2, 0) is 10.0 Å². The van der Waals surface area contributed by atoms with Gasteiger partial charge in [0.1, 0.15) is 0 Å². The van der Waals surface area contributed by atoms with E-state index in [0.29, 0.717) is 26.9 Å². The van der Waals surface area contributed by atoms with Gasteiger partial charge in [-0.2, -0.15) is 5.10 Å². The van der Waals surface area contributed by atoms with Crippen LogP contribution in [0.1, 0.15) is 15.9 Å². The van der Waals surface area contributed by atoms with E-state index in [9.17, 15) is 13.2 Å². The van der Waals surface area contributed by atoms with Gasteiger partial charge >= 0.3 is 0 Å². The molecular weight excluding hydrogens is 445 g/mol. The van der Waals surface area contributed by atoms with Crippen molar-refractivity contribution in [2.24, 2.45) is 5.10 Å². The second-order valence-corrected chi connectivity index (χ2v) is 8.99. The number of hydrogen-bond donors (Lipinski definition) is 1. The minimum Gasteiger partial charge on any atom is -0.269 e. The molecule has 0 fully saturated rings. The highest BCUT2D eigenvalue weighted by Crippen LogP contribution is 2.23. The summed E-state index contributed by atoms with van der Waals surface area (Å²) in [6, 6.07) is 19.2. The Morgan fingerprint density at radius 3 is 2.27 bits per heavy atom. The van der Waals surface area contributed by atoms with Gasteiger partial charge in [0.2, 0.25) is 0 Å². The first kappa shape index (κ1) is 21.8. The first-order valence-corrected chi connectivity index (χ1v) is 10.9. The summed E-state index contributed by atoms with van der Waals surface area (Å²) < 4.78 is 26.5. The average Bonchev–Trinajstić information content (AvgIpc) is 2.76. The number of nitrogens with zero attached hydrogens (tertiary/aromatic N) is 2. The Bertz CT molecular complexity index is 1180. The SMILES string of the molecule is CN(c1ccc(C(=O)N/N=C\c2ccc(Cl)c(Cl)c2)cc1)S(=O)(=O)c1ccccc1. The molecule has 9 heteroatoms. The standard InChI is InChI=1S/C21H17Cl2N3O3S/c1-26(30(28,29)18-5-3-2-4-6-18)17-10-8-16(9-11-17)21(27)25-24-14-15-7-12-19(22)20(23)13-15/h2-14H,1H3,(H,25,27)/b24-14-. The summed E-state index contributed by atoms with van der Waals surface area (Å²) in [6.07, 6.45) is 1.44. The zero-order valence-electron chi connectivity index (χ0n) is 15.8. The lowest BCUT2D eigenvalue weighted by atomic mass is 10.2. The smallest absolute Gasteiger partial charge is 0.269 e. The van der Waals surface area contributed by atoms with Crippen LogP contribution >= 0.6 is 23.2 Å². The van der Waals surface area contributed by atoms with Gasteiger partial charge in [0, 0.05) is 12.6 Å². The minimum atomic E-state index is -3.69. The summed E-state index contributed by atoms with van der Waals surface area (Å²) in [6.45, 7) is 0. The Labute approximate surface area is 184 Å². The van der Waals surface area contributed by atoms with Gasteiger partial charge in [0.05, 0.1) is 26.8 Å². The summed E-state index contributed by atoms with van der Waals surface area (Å²) in [5, 5.41) is 4.71. The summed E-state index contributed by atoms with van der Waals surface area (Å²) in [4.78, 5) is 12.4. The second-order valence-electron chi connectivity index (χ2n) is 6.21. The molecule has 0 heterocycles. The van der Waals surface area contributed by atoms with Crippen LogP contribution in [0.15, 0.2) is 82.8 Å². The topological polar surface area (TPSA) is 78.8 Å². The molecule has 0 saturated carbocycles. The lowest BCUT2D eigenvalue weighted by Crippen LogP contribution is -2.26. The Kier molecular flexibility index (Phi) is 6.77. The Morgan fingerprint density at radius 2 is 1.63 bits per heavy atom. The zero-order valence-corrected chi connectivity index (χ0v) is 18.1. The van der Waals surface area contributed by atoms with Gasteiger partial charge in [-0.25, -0.2) is 13.8 Å². The van der Waals surface area contributed by atoms with E-state index in [0.717, 1.165) is 4.31 Å². The quantitative estimate of drug-likeness (QED) is 0.430. The molecule has 0 atom stereocenters. The van der Waals surface area contributed by atoms with Crippen LogP contribution in [0, 0.1) is 0 Å². The van der Waals surface area contributed by atoms with Crippen molar-refractivity contribution in [2.75, 3.05) is 11.4 Å². The molecule has 3 rings (SSSR count). The Morgan fingerprint density at radius 1 is 0.967 bits per heavy atom. The van der Waals surface area contributed by atoms with Gasteiger partial charge in [-0.05, 0) is 54.1 Å². The number of hydrogen-bond acceptors (Lipinski definition) is 4. The van der Waals surface area contributed by atoms with Crippen molar-refractivity contribution >= 4 is 51.0 Å². The Hall–Kier alpha value is -2.87.